The second-order valence-electron chi connectivity index (χ2n) is 9.81. The third kappa shape index (κ3) is 4.18. The summed E-state index contributed by atoms with van der Waals surface area (Å²) in [5.74, 6) is 0. The molecule has 2 aliphatic rings. The molecule has 0 saturated carbocycles. The maximum atomic E-state index is 11.1. The van der Waals surface area contributed by atoms with Crippen molar-refractivity contribution in [2.75, 3.05) is 51.3 Å². The summed E-state index contributed by atoms with van der Waals surface area (Å²) in [6.45, 7) is 9.83. The van der Waals surface area contributed by atoms with Crippen LogP contribution < -0.4 is 4.90 Å². The second kappa shape index (κ2) is 9.39. The Kier molecular flexibility index (Phi) is 6.32. The summed E-state index contributed by atoms with van der Waals surface area (Å²) >= 11 is 0. The number of carbonyl (C=O) groups excluding carboxylic acids is 1. The van der Waals surface area contributed by atoms with Gasteiger partial charge in [0.2, 0.25) is 6.41 Å². The predicted molar refractivity (Wildman–Crippen MR) is 135 cm³/mol. The molecule has 0 unspecified atom stereocenters. The lowest BCUT2D eigenvalue weighted by atomic mass is 9.83. The molecule has 2 fully saturated rings. The lowest BCUT2D eigenvalue weighted by molar-refractivity contribution is -0.118. The minimum absolute atomic E-state index is 0.201. The van der Waals surface area contributed by atoms with Gasteiger partial charge in [-0.05, 0) is 49.9 Å². The summed E-state index contributed by atoms with van der Waals surface area (Å²) in [6, 6.07) is 13.8. The average Bonchev–Trinajstić information content (AvgIpc) is 3.33. The van der Waals surface area contributed by atoms with Gasteiger partial charge in [-0.15, -0.1) is 0 Å². The average molecular weight is 462 g/mol. The first-order valence-electron chi connectivity index (χ1n) is 12.3. The molecule has 4 heterocycles. The molecule has 0 N–H and O–H groups in total. The van der Waals surface area contributed by atoms with Gasteiger partial charge in [0.05, 0.1) is 16.8 Å². The molecule has 180 valence electrons. The molecule has 2 aliphatic heterocycles. The van der Waals surface area contributed by atoms with Crippen molar-refractivity contribution in [2.45, 2.75) is 38.3 Å². The molecule has 2 saturated heterocycles. The number of likely N-dealkylation sites (tertiary alicyclic amines) is 1. The Morgan fingerprint density at radius 3 is 2.29 bits per heavy atom. The Morgan fingerprint density at radius 2 is 1.68 bits per heavy atom. The van der Waals surface area contributed by atoms with E-state index in [1.165, 1.54) is 16.8 Å². The highest BCUT2D eigenvalue weighted by molar-refractivity contribution is 5.80. The first kappa shape index (κ1) is 22.9. The number of piperazine rings is 1. The molecule has 3 aromatic rings. The van der Waals surface area contributed by atoms with E-state index in [4.69, 9.17) is 4.74 Å². The van der Waals surface area contributed by atoms with Gasteiger partial charge >= 0.3 is 0 Å². The van der Waals surface area contributed by atoms with Crippen molar-refractivity contribution in [3.05, 3.63) is 54.4 Å². The van der Waals surface area contributed by atoms with Gasteiger partial charge in [0.25, 0.3) is 0 Å². The standard InChI is InChI=1S/C27H35N5O2/c1-21(2)30-12-9-27(34-3,10-13-30)24-6-4-22(5-7-24)23-18-26-25(8-11-28-32(26)19-23)31-16-14-29(20-33)15-17-31/h4-8,11,18-21H,9-10,12-17H2,1-3H3. The quantitative estimate of drug-likeness (QED) is 0.525. The summed E-state index contributed by atoms with van der Waals surface area (Å²) in [7, 11) is 1.85. The Bertz CT molecular complexity index is 1120. The van der Waals surface area contributed by atoms with Crippen LogP contribution in [-0.2, 0) is 15.1 Å². The van der Waals surface area contributed by atoms with E-state index in [9.17, 15) is 4.79 Å². The topological polar surface area (TPSA) is 53.3 Å². The van der Waals surface area contributed by atoms with Gasteiger partial charge in [0.1, 0.15) is 0 Å². The fourth-order valence-corrected chi connectivity index (χ4v) is 5.47. The molecule has 0 aliphatic carbocycles. The molecular formula is C27H35N5O2. The maximum absolute atomic E-state index is 11.1. The summed E-state index contributed by atoms with van der Waals surface area (Å²) in [4.78, 5) is 17.8. The summed E-state index contributed by atoms with van der Waals surface area (Å²) in [5.41, 5.74) is 5.65. The van der Waals surface area contributed by atoms with E-state index < -0.39 is 0 Å². The van der Waals surface area contributed by atoms with Crippen LogP contribution in [0.25, 0.3) is 16.6 Å². The molecule has 2 aromatic heterocycles. The lowest BCUT2D eigenvalue weighted by Crippen LogP contribution is -2.46. The molecule has 1 aromatic carbocycles. The zero-order chi connectivity index (χ0) is 23.7. The van der Waals surface area contributed by atoms with E-state index >= 15 is 0 Å². The van der Waals surface area contributed by atoms with Gasteiger partial charge < -0.3 is 19.4 Å². The number of amides is 1. The number of hydrogen-bond donors (Lipinski definition) is 0. The van der Waals surface area contributed by atoms with Crippen LogP contribution in [0.15, 0.2) is 48.8 Å². The van der Waals surface area contributed by atoms with Crippen molar-refractivity contribution in [1.82, 2.24) is 19.4 Å². The van der Waals surface area contributed by atoms with Crippen LogP contribution in [0.4, 0.5) is 5.69 Å². The molecule has 1 amide bonds. The third-order valence-corrected chi connectivity index (χ3v) is 7.76. The van der Waals surface area contributed by atoms with E-state index in [1.54, 1.807) is 0 Å². The van der Waals surface area contributed by atoms with Crippen molar-refractivity contribution in [1.29, 1.82) is 0 Å². The lowest BCUT2D eigenvalue weighted by Gasteiger charge is -2.42. The van der Waals surface area contributed by atoms with Crippen LogP contribution in [0, 0.1) is 0 Å². The van der Waals surface area contributed by atoms with Crippen LogP contribution in [0.3, 0.4) is 0 Å². The normalized spacial score (nSPS) is 19.2. The van der Waals surface area contributed by atoms with Crippen molar-refractivity contribution in [3.63, 3.8) is 0 Å². The number of rotatable bonds is 6. The molecule has 5 rings (SSSR count). The zero-order valence-corrected chi connectivity index (χ0v) is 20.5. The smallest absolute Gasteiger partial charge is 0.209 e. The predicted octanol–water partition coefficient (Wildman–Crippen LogP) is 3.63. The van der Waals surface area contributed by atoms with Crippen LogP contribution in [0.1, 0.15) is 32.3 Å². The van der Waals surface area contributed by atoms with Crippen molar-refractivity contribution < 1.29 is 9.53 Å². The number of benzene rings is 1. The van der Waals surface area contributed by atoms with Crippen LogP contribution >= 0.6 is 0 Å². The second-order valence-corrected chi connectivity index (χ2v) is 9.81. The van der Waals surface area contributed by atoms with E-state index in [0.717, 1.165) is 69.6 Å². The maximum Gasteiger partial charge on any atom is 0.209 e. The van der Waals surface area contributed by atoms with Crippen molar-refractivity contribution in [3.8, 4) is 11.1 Å². The largest absolute Gasteiger partial charge is 0.373 e. The Morgan fingerprint density at radius 1 is 0.971 bits per heavy atom. The number of anilines is 1. The number of aromatic nitrogens is 2. The highest BCUT2D eigenvalue weighted by atomic mass is 16.5. The number of carbonyl (C=O) groups is 1. The molecular weight excluding hydrogens is 426 g/mol. The van der Waals surface area contributed by atoms with Gasteiger partial charge in [-0.2, -0.15) is 5.10 Å². The van der Waals surface area contributed by atoms with Gasteiger partial charge in [-0.1, -0.05) is 24.3 Å². The minimum Gasteiger partial charge on any atom is -0.373 e. The monoisotopic (exact) mass is 461 g/mol. The van der Waals surface area contributed by atoms with Gasteiger partial charge in [-0.3, -0.25) is 4.79 Å². The van der Waals surface area contributed by atoms with Crippen LogP contribution in [-0.4, -0.2) is 78.2 Å². The number of nitrogens with zero attached hydrogens (tertiary/aromatic N) is 5. The Hall–Kier alpha value is -2.90. The first-order chi connectivity index (χ1) is 16.5. The van der Waals surface area contributed by atoms with Gasteiger partial charge in [0.15, 0.2) is 0 Å². The molecule has 7 nitrogen and oxygen atoms in total. The van der Waals surface area contributed by atoms with E-state index in [1.807, 2.05) is 22.7 Å². The molecule has 0 atom stereocenters. The van der Waals surface area contributed by atoms with E-state index in [2.05, 4.69) is 71.3 Å². The molecule has 34 heavy (non-hydrogen) atoms. The third-order valence-electron chi connectivity index (χ3n) is 7.76. The Labute approximate surface area is 201 Å². The highest BCUT2D eigenvalue weighted by Crippen LogP contribution is 2.38. The highest BCUT2D eigenvalue weighted by Gasteiger charge is 2.36. The van der Waals surface area contributed by atoms with Crippen molar-refractivity contribution in [2.24, 2.45) is 0 Å². The molecule has 0 radical (unpaired) electrons. The number of fused-ring (bicyclic) bond motifs is 1. The number of hydrogen-bond acceptors (Lipinski definition) is 5. The van der Waals surface area contributed by atoms with E-state index in [0.29, 0.717) is 6.04 Å². The van der Waals surface area contributed by atoms with Gasteiger partial charge in [-0.25, -0.2) is 4.52 Å². The van der Waals surface area contributed by atoms with E-state index in [-0.39, 0.29) is 5.60 Å². The summed E-state index contributed by atoms with van der Waals surface area (Å²) in [6.07, 6.45) is 6.93. The minimum atomic E-state index is -0.201. The fourth-order valence-electron chi connectivity index (χ4n) is 5.47. The fraction of sp³-hybridized carbons (Fsp3) is 0.481. The molecule has 0 bridgehead atoms. The van der Waals surface area contributed by atoms with Crippen LogP contribution in [0.2, 0.25) is 0 Å². The van der Waals surface area contributed by atoms with Crippen LogP contribution in [0.5, 0.6) is 0 Å². The first-order valence-corrected chi connectivity index (χ1v) is 12.3. The SMILES string of the molecule is COC1(c2ccc(-c3cc4c(N5CCN(C=O)CC5)ccnn4c3)cc2)CCN(C(C)C)CC1. The Balaban J connectivity index is 1.38. The molecule has 7 heteroatoms. The number of methoxy groups -OCH3 is 1. The molecule has 0 spiro atoms. The zero-order valence-electron chi connectivity index (χ0n) is 20.5. The van der Waals surface area contributed by atoms with Gasteiger partial charge in [0, 0.05) is 70.4 Å². The summed E-state index contributed by atoms with van der Waals surface area (Å²) < 4.78 is 8.07. The number of piperidine rings is 1. The number of ether oxygens (including phenoxy) is 1. The van der Waals surface area contributed by atoms with Crippen molar-refractivity contribution >= 4 is 17.6 Å². The summed E-state index contributed by atoms with van der Waals surface area (Å²) in [5, 5.41) is 4.55.